The number of rotatable bonds is 4. The van der Waals surface area contributed by atoms with Crippen molar-refractivity contribution in [2.45, 2.75) is 45.2 Å². The minimum absolute atomic E-state index is 0.00952. The highest BCUT2D eigenvalue weighted by atomic mass is 16.4. The molecule has 1 heterocycles. The van der Waals surface area contributed by atoms with E-state index in [0.717, 1.165) is 12.8 Å². The van der Waals surface area contributed by atoms with Gasteiger partial charge in [0.15, 0.2) is 0 Å². The van der Waals surface area contributed by atoms with E-state index in [1.54, 1.807) is 0 Å². The normalized spacial score (nSPS) is 26.8. The summed E-state index contributed by atoms with van der Waals surface area (Å²) < 4.78 is 0. The van der Waals surface area contributed by atoms with Crippen molar-refractivity contribution in [3.8, 4) is 0 Å². The lowest BCUT2D eigenvalue weighted by Crippen LogP contribution is -2.49. The van der Waals surface area contributed by atoms with Gasteiger partial charge in [-0.25, -0.2) is 4.79 Å². The Morgan fingerprint density at radius 1 is 1.56 bits per heavy atom. The first-order valence-electron chi connectivity index (χ1n) is 5.77. The number of aliphatic carboxylic acids is 1. The lowest BCUT2D eigenvalue weighted by atomic mass is 10.0. The number of nitrogens with zero attached hydrogens (tertiary/aromatic N) is 1. The van der Waals surface area contributed by atoms with E-state index in [-0.39, 0.29) is 11.8 Å². The van der Waals surface area contributed by atoms with Gasteiger partial charge in [-0.05, 0) is 18.8 Å². The van der Waals surface area contributed by atoms with E-state index in [1.807, 2.05) is 13.8 Å². The highest BCUT2D eigenvalue weighted by molar-refractivity contribution is 5.87. The van der Waals surface area contributed by atoms with Crippen molar-refractivity contribution in [2.24, 2.45) is 11.7 Å². The molecule has 1 amide bonds. The Bertz CT molecular complexity index is 280. The van der Waals surface area contributed by atoms with Gasteiger partial charge in [0, 0.05) is 6.54 Å². The van der Waals surface area contributed by atoms with E-state index in [4.69, 9.17) is 10.8 Å². The van der Waals surface area contributed by atoms with Gasteiger partial charge in [0.25, 0.3) is 0 Å². The molecule has 0 aliphatic carbocycles. The molecule has 0 aromatic heterocycles. The lowest BCUT2D eigenvalue weighted by molar-refractivity contribution is -0.149. The zero-order chi connectivity index (χ0) is 12.3. The largest absolute Gasteiger partial charge is 0.480 e. The molecule has 2 unspecified atom stereocenters. The first kappa shape index (κ1) is 13.0. The average molecular weight is 228 g/mol. The molecule has 16 heavy (non-hydrogen) atoms. The number of carbonyl (C=O) groups excluding carboxylic acids is 1. The fourth-order valence-electron chi connectivity index (χ4n) is 2.22. The maximum atomic E-state index is 11.9. The van der Waals surface area contributed by atoms with Crippen LogP contribution >= 0.6 is 0 Å². The van der Waals surface area contributed by atoms with Crippen LogP contribution in [0.4, 0.5) is 0 Å². The third-order valence-corrected chi connectivity index (χ3v) is 3.15. The molecule has 1 fully saturated rings. The summed E-state index contributed by atoms with van der Waals surface area (Å²) in [6.07, 6.45) is 2.17. The second-order valence-corrected chi connectivity index (χ2v) is 4.48. The van der Waals surface area contributed by atoms with Gasteiger partial charge in [0.1, 0.15) is 6.04 Å². The quantitative estimate of drug-likeness (QED) is 0.731. The first-order valence-corrected chi connectivity index (χ1v) is 5.77. The summed E-state index contributed by atoms with van der Waals surface area (Å²) in [6.45, 7) is 4.32. The zero-order valence-electron chi connectivity index (χ0n) is 9.85. The Morgan fingerprint density at radius 2 is 2.19 bits per heavy atom. The maximum absolute atomic E-state index is 11.9. The average Bonchev–Trinajstić information content (AvgIpc) is 2.59. The summed E-state index contributed by atoms with van der Waals surface area (Å²) in [7, 11) is 0. The van der Waals surface area contributed by atoms with Crippen LogP contribution in [0.1, 0.15) is 33.1 Å². The summed E-state index contributed by atoms with van der Waals surface area (Å²) in [5.41, 5.74) is 5.73. The van der Waals surface area contributed by atoms with Crippen molar-refractivity contribution in [1.82, 2.24) is 4.90 Å². The van der Waals surface area contributed by atoms with E-state index in [2.05, 4.69) is 0 Å². The zero-order valence-corrected chi connectivity index (χ0v) is 9.85. The molecule has 5 nitrogen and oxygen atoms in total. The fourth-order valence-corrected chi connectivity index (χ4v) is 2.22. The molecule has 5 heteroatoms. The molecule has 1 aliphatic rings. The first-order chi connectivity index (χ1) is 7.49. The number of likely N-dealkylation sites (tertiary alicyclic amines) is 1. The van der Waals surface area contributed by atoms with Gasteiger partial charge in [-0.2, -0.15) is 0 Å². The Kier molecular flexibility index (Phi) is 4.29. The Balaban J connectivity index is 2.72. The molecule has 3 N–H and O–H groups in total. The van der Waals surface area contributed by atoms with E-state index in [0.29, 0.717) is 13.0 Å². The Labute approximate surface area is 95.6 Å². The molecular formula is C11H20N2O3. The van der Waals surface area contributed by atoms with Crippen LogP contribution < -0.4 is 5.73 Å². The van der Waals surface area contributed by atoms with Crippen LogP contribution in [0.3, 0.4) is 0 Å². The van der Waals surface area contributed by atoms with Crippen LogP contribution in [0.5, 0.6) is 0 Å². The van der Waals surface area contributed by atoms with Crippen LogP contribution in [0, 0.1) is 5.92 Å². The molecule has 0 aromatic rings. The third kappa shape index (κ3) is 2.52. The summed E-state index contributed by atoms with van der Waals surface area (Å²) in [5.74, 6) is -1.14. The van der Waals surface area contributed by atoms with Crippen molar-refractivity contribution in [3.05, 3.63) is 0 Å². The molecule has 0 aromatic carbocycles. The van der Waals surface area contributed by atoms with Crippen molar-refractivity contribution in [2.75, 3.05) is 6.54 Å². The van der Waals surface area contributed by atoms with Crippen molar-refractivity contribution in [3.63, 3.8) is 0 Å². The van der Waals surface area contributed by atoms with Crippen LogP contribution in [0.25, 0.3) is 0 Å². The number of carboxylic acids is 1. The second kappa shape index (κ2) is 5.30. The van der Waals surface area contributed by atoms with Gasteiger partial charge in [0.2, 0.25) is 5.91 Å². The summed E-state index contributed by atoms with van der Waals surface area (Å²) in [4.78, 5) is 24.4. The number of hydrogen-bond acceptors (Lipinski definition) is 3. The maximum Gasteiger partial charge on any atom is 0.326 e. The number of carboxylic acid groups (broad SMARTS) is 1. The molecule has 3 atom stereocenters. The summed E-state index contributed by atoms with van der Waals surface area (Å²) in [6, 6.07) is -1.26. The van der Waals surface area contributed by atoms with E-state index < -0.39 is 18.1 Å². The smallest absolute Gasteiger partial charge is 0.326 e. The van der Waals surface area contributed by atoms with Gasteiger partial charge in [0.05, 0.1) is 6.04 Å². The van der Waals surface area contributed by atoms with Crippen LogP contribution in [0.15, 0.2) is 0 Å². The van der Waals surface area contributed by atoms with Gasteiger partial charge in [-0.1, -0.05) is 20.3 Å². The second-order valence-electron chi connectivity index (χ2n) is 4.48. The molecule has 1 rings (SSSR count). The molecule has 1 saturated heterocycles. The minimum Gasteiger partial charge on any atom is -0.480 e. The van der Waals surface area contributed by atoms with E-state index >= 15 is 0 Å². The number of nitrogens with two attached hydrogens (primary N) is 1. The summed E-state index contributed by atoms with van der Waals surface area (Å²) >= 11 is 0. The molecule has 0 radical (unpaired) electrons. The highest BCUT2D eigenvalue weighted by Crippen LogP contribution is 2.24. The fraction of sp³-hybridized carbons (Fsp3) is 0.818. The van der Waals surface area contributed by atoms with E-state index in [1.165, 1.54) is 4.90 Å². The van der Waals surface area contributed by atoms with Crippen LogP contribution in [-0.2, 0) is 9.59 Å². The third-order valence-electron chi connectivity index (χ3n) is 3.15. The van der Waals surface area contributed by atoms with Gasteiger partial charge in [-0.3, -0.25) is 4.79 Å². The molecule has 92 valence electrons. The molecule has 0 spiro atoms. The van der Waals surface area contributed by atoms with Crippen molar-refractivity contribution in [1.29, 1.82) is 0 Å². The standard InChI is InChI=1S/C11H20N2O3/c1-3-4-8(12)10(14)13-6-5-7(2)9(13)11(15)16/h7-9H,3-6,12H2,1-2H3,(H,15,16)/t7?,8-,9?/m0/s1. The molecular weight excluding hydrogens is 208 g/mol. The Hall–Kier alpha value is -1.10. The predicted molar refractivity (Wildman–Crippen MR) is 59.8 cm³/mol. The number of amides is 1. The number of hydrogen-bond donors (Lipinski definition) is 2. The topological polar surface area (TPSA) is 83.6 Å². The molecule has 1 aliphatic heterocycles. The van der Waals surface area contributed by atoms with Crippen molar-refractivity contribution >= 4 is 11.9 Å². The predicted octanol–water partition coefficient (Wildman–Crippen LogP) is 0.435. The van der Waals surface area contributed by atoms with Gasteiger partial charge < -0.3 is 15.7 Å². The van der Waals surface area contributed by atoms with Gasteiger partial charge in [-0.15, -0.1) is 0 Å². The Morgan fingerprint density at radius 3 is 2.69 bits per heavy atom. The van der Waals surface area contributed by atoms with Gasteiger partial charge >= 0.3 is 5.97 Å². The minimum atomic E-state index is -0.929. The highest BCUT2D eigenvalue weighted by Gasteiger charge is 2.40. The lowest BCUT2D eigenvalue weighted by Gasteiger charge is -2.26. The molecule has 0 bridgehead atoms. The molecule has 0 saturated carbocycles. The van der Waals surface area contributed by atoms with Crippen molar-refractivity contribution < 1.29 is 14.7 Å². The van der Waals surface area contributed by atoms with E-state index in [9.17, 15) is 9.59 Å². The van der Waals surface area contributed by atoms with Crippen LogP contribution in [-0.4, -0.2) is 40.5 Å². The summed E-state index contributed by atoms with van der Waals surface area (Å²) in [5, 5.41) is 9.08. The monoisotopic (exact) mass is 228 g/mol. The van der Waals surface area contributed by atoms with Crippen LogP contribution in [0.2, 0.25) is 0 Å². The SMILES string of the molecule is CCC[C@H](N)C(=O)N1CCC(C)C1C(=O)O. The number of carbonyl (C=O) groups is 2.